The Morgan fingerprint density at radius 3 is 2.71 bits per heavy atom. The molecule has 9 heteroatoms. The summed E-state index contributed by atoms with van der Waals surface area (Å²) < 4.78 is 10.6. The highest BCUT2D eigenvalue weighted by Crippen LogP contribution is 2.22. The molecule has 0 spiro atoms. The number of hydroxylamine groups is 2. The molecule has 2 amide bonds. The summed E-state index contributed by atoms with van der Waals surface area (Å²) >= 11 is 0. The number of likely N-dealkylation sites (N-methyl/N-ethyl adjacent to an activating group) is 1. The number of piperazine rings is 1. The molecular formula is C22H30N4O5. The molecule has 0 saturated carbocycles. The molecule has 0 aliphatic carbocycles. The molecule has 1 aromatic carbocycles. The summed E-state index contributed by atoms with van der Waals surface area (Å²) in [6.45, 7) is 5.52. The zero-order valence-electron chi connectivity index (χ0n) is 18.0. The smallest absolute Gasteiger partial charge is 0.338 e. The number of carbonyl (C=O) groups is 2. The minimum absolute atomic E-state index is 0.0188. The lowest BCUT2D eigenvalue weighted by Gasteiger charge is -2.32. The average molecular weight is 431 g/mol. The number of carbonyl (C=O) groups excluding carboxylic acids is 2. The van der Waals surface area contributed by atoms with E-state index in [0.717, 1.165) is 32.7 Å². The SMILES string of the molecule is COC(=O)C=Cc1cc(C#CCCN(O)C(N)=O)ccc1OCCN1CCN(C)CC1. The van der Waals surface area contributed by atoms with Crippen molar-refractivity contribution in [2.45, 2.75) is 6.42 Å². The van der Waals surface area contributed by atoms with Crippen molar-refractivity contribution in [2.75, 3.05) is 60.0 Å². The third-order valence-electron chi connectivity index (χ3n) is 4.81. The van der Waals surface area contributed by atoms with Crippen LogP contribution in [0, 0.1) is 11.8 Å². The molecule has 31 heavy (non-hydrogen) atoms. The van der Waals surface area contributed by atoms with Crippen LogP contribution in [0.2, 0.25) is 0 Å². The van der Waals surface area contributed by atoms with Crippen LogP contribution in [0.1, 0.15) is 17.5 Å². The van der Waals surface area contributed by atoms with Crippen molar-refractivity contribution < 1.29 is 24.3 Å². The molecule has 0 unspecified atom stereocenters. The minimum atomic E-state index is -0.921. The predicted molar refractivity (Wildman–Crippen MR) is 116 cm³/mol. The molecule has 1 aliphatic heterocycles. The maximum absolute atomic E-state index is 11.5. The topological polar surface area (TPSA) is 109 Å². The molecule has 1 aromatic rings. The normalized spacial score (nSPS) is 14.7. The first-order valence-electron chi connectivity index (χ1n) is 10.1. The maximum Gasteiger partial charge on any atom is 0.338 e. The van der Waals surface area contributed by atoms with Crippen LogP contribution < -0.4 is 10.5 Å². The van der Waals surface area contributed by atoms with Gasteiger partial charge in [-0.15, -0.1) is 0 Å². The van der Waals surface area contributed by atoms with E-state index in [1.54, 1.807) is 6.08 Å². The summed E-state index contributed by atoms with van der Waals surface area (Å²) in [6, 6.07) is 4.52. The fraction of sp³-hybridized carbons (Fsp3) is 0.455. The second kappa shape index (κ2) is 12.6. The lowest BCUT2D eigenvalue weighted by Crippen LogP contribution is -2.45. The van der Waals surface area contributed by atoms with E-state index in [2.05, 4.69) is 33.4 Å². The highest BCUT2D eigenvalue weighted by molar-refractivity contribution is 5.87. The molecule has 9 nitrogen and oxygen atoms in total. The zero-order valence-corrected chi connectivity index (χ0v) is 18.0. The van der Waals surface area contributed by atoms with Gasteiger partial charge in [0.05, 0.1) is 13.7 Å². The number of nitrogens with two attached hydrogens (primary N) is 1. The summed E-state index contributed by atoms with van der Waals surface area (Å²) in [6.07, 6.45) is 3.22. The second-order valence-corrected chi connectivity index (χ2v) is 7.12. The lowest BCUT2D eigenvalue weighted by atomic mass is 10.1. The molecule has 1 fully saturated rings. The average Bonchev–Trinajstić information content (AvgIpc) is 2.77. The van der Waals surface area contributed by atoms with Gasteiger partial charge in [0, 0.05) is 56.3 Å². The first kappa shape index (κ1) is 24.2. The molecule has 1 saturated heterocycles. The Bertz CT molecular complexity index is 838. The number of urea groups is 1. The van der Waals surface area contributed by atoms with Gasteiger partial charge in [-0.2, -0.15) is 0 Å². The first-order valence-corrected chi connectivity index (χ1v) is 10.1. The largest absolute Gasteiger partial charge is 0.492 e. The van der Waals surface area contributed by atoms with Gasteiger partial charge >= 0.3 is 12.0 Å². The molecule has 1 aliphatic rings. The van der Waals surface area contributed by atoms with E-state index in [4.69, 9.17) is 10.5 Å². The number of primary amides is 1. The van der Waals surface area contributed by atoms with Crippen molar-refractivity contribution in [3.05, 3.63) is 35.4 Å². The number of rotatable bonds is 8. The number of hydrogen-bond acceptors (Lipinski definition) is 7. The highest BCUT2D eigenvalue weighted by Gasteiger charge is 2.13. The number of hydrogen-bond donors (Lipinski definition) is 2. The van der Waals surface area contributed by atoms with E-state index in [1.165, 1.54) is 13.2 Å². The third-order valence-corrected chi connectivity index (χ3v) is 4.81. The molecule has 1 heterocycles. The molecular weight excluding hydrogens is 400 g/mol. The molecule has 0 atom stereocenters. The van der Waals surface area contributed by atoms with E-state index < -0.39 is 12.0 Å². The van der Waals surface area contributed by atoms with E-state index in [0.29, 0.717) is 28.5 Å². The molecule has 3 N–H and O–H groups in total. The van der Waals surface area contributed by atoms with Gasteiger partial charge in [-0.1, -0.05) is 11.8 Å². The molecule has 0 aromatic heterocycles. The Labute approximate surface area is 182 Å². The van der Waals surface area contributed by atoms with Crippen LogP contribution in [0.5, 0.6) is 5.75 Å². The number of methoxy groups -OCH3 is 1. The zero-order chi connectivity index (χ0) is 22.6. The highest BCUT2D eigenvalue weighted by atomic mass is 16.5. The summed E-state index contributed by atoms with van der Waals surface area (Å²) in [7, 11) is 3.44. The predicted octanol–water partition coefficient (Wildman–Crippen LogP) is 1.01. The summed E-state index contributed by atoms with van der Waals surface area (Å²) in [5.74, 6) is 6.02. The first-order chi connectivity index (χ1) is 14.9. The number of nitrogens with zero attached hydrogens (tertiary/aromatic N) is 3. The van der Waals surface area contributed by atoms with Gasteiger partial charge in [-0.25, -0.2) is 14.7 Å². The van der Waals surface area contributed by atoms with Crippen molar-refractivity contribution in [1.29, 1.82) is 0 Å². The van der Waals surface area contributed by atoms with Gasteiger partial charge in [0.1, 0.15) is 12.4 Å². The Balaban J connectivity index is 2.02. The number of ether oxygens (including phenoxy) is 2. The fourth-order valence-electron chi connectivity index (χ4n) is 2.91. The lowest BCUT2D eigenvalue weighted by molar-refractivity contribution is -0.134. The third kappa shape index (κ3) is 8.68. The molecule has 2 rings (SSSR count). The Kier molecular flexibility index (Phi) is 9.84. The van der Waals surface area contributed by atoms with E-state index >= 15 is 0 Å². The number of benzene rings is 1. The van der Waals surface area contributed by atoms with Gasteiger partial charge in [-0.05, 0) is 31.3 Å². The van der Waals surface area contributed by atoms with Crippen LogP contribution in [-0.4, -0.2) is 92.1 Å². The standard InChI is InChI=1S/C22H30N4O5/c1-24-11-13-25(14-12-24)15-16-31-20-8-6-18(5-3-4-10-26(29)22(23)28)17-19(20)7-9-21(27)30-2/h6-9,17,29H,4,10-16H2,1-2H3,(H2,23,28). The van der Waals surface area contributed by atoms with Crippen molar-refractivity contribution in [2.24, 2.45) is 5.73 Å². The van der Waals surface area contributed by atoms with Gasteiger partial charge in [0.25, 0.3) is 0 Å². The van der Waals surface area contributed by atoms with Crippen LogP contribution in [0.25, 0.3) is 6.08 Å². The second-order valence-electron chi connectivity index (χ2n) is 7.12. The van der Waals surface area contributed by atoms with Crippen molar-refractivity contribution in [3.63, 3.8) is 0 Å². The Hall–Kier alpha value is -3.06. The monoisotopic (exact) mass is 430 g/mol. The number of amides is 2. The van der Waals surface area contributed by atoms with Gasteiger partial charge in [0.2, 0.25) is 0 Å². The summed E-state index contributed by atoms with van der Waals surface area (Å²) in [4.78, 5) is 27.0. The summed E-state index contributed by atoms with van der Waals surface area (Å²) in [5.41, 5.74) is 6.37. The van der Waals surface area contributed by atoms with Crippen LogP contribution in [-0.2, 0) is 9.53 Å². The molecule has 0 radical (unpaired) electrons. The van der Waals surface area contributed by atoms with Crippen molar-refractivity contribution in [3.8, 4) is 17.6 Å². The van der Waals surface area contributed by atoms with Crippen LogP contribution in [0.3, 0.4) is 0 Å². The van der Waals surface area contributed by atoms with Crippen LogP contribution in [0.4, 0.5) is 4.79 Å². The van der Waals surface area contributed by atoms with Gasteiger partial charge < -0.3 is 20.1 Å². The summed E-state index contributed by atoms with van der Waals surface area (Å²) in [5, 5.41) is 9.67. The Morgan fingerprint density at radius 1 is 1.29 bits per heavy atom. The van der Waals surface area contributed by atoms with Crippen LogP contribution in [0.15, 0.2) is 24.3 Å². The quantitative estimate of drug-likeness (QED) is 0.208. The van der Waals surface area contributed by atoms with E-state index in [9.17, 15) is 14.8 Å². The molecule has 168 valence electrons. The maximum atomic E-state index is 11.5. The molecule has 0 bridgehead atoms. The number of esters is 1. The Morgan fingerprint density at radius 2 is 2.03 bits per heavy atom. The van der Waals surface area contributed by atoms with Crippen molar-refractivity contribution in [1.82, 2.24) is 14.9 Å². The van der Waals surface area contributed by atoms with E-state index in [1.807, 2.05) is 18.2 Å². The van der Waals surface area contributed by atoms with Crippen molar-refractivity contribution >= 4 is 18.1 Å². The fourth-order valence-corrected chi connectivity index (χ4v) is 2.91. The van der Waals surface area contributed by atoms with Crippen LogP contribution >= 0.6 is 0 Å². The van der Waals surface area contributed by atoms with Gasteiger partial charge in [-0.3, -0.25) is 10.1 Å². The minimum Gasteiger partial charge on any atom is -0.492 e. The van der Waals surface area contributed by atoms with Gasteiger partial charge in [0.15, 0.2) is 0 Å². The van der Waals surface area contributed by atoms with E-state index in [-0.39, 0.29) is 13.0 Å².